The first-order chi connectivity index (χ1) is 21.1. The smallest absolute Gasteiger partial charge is 0.320 e. The van der Waals surface area contributed by atoms with Gasteiger partial charge in [-0.25, -0.2) is 14.3 Å². The molecule has 11 nitrogen and oxygen atoms in total. The molecule has 43 heavy (non-hydrogen) atoms. The number of amides is 2. The minimum absolute atomic E-state index is 0.224. The molecular formula is C32H38N8O3. The van der Waals surface area contributed by atoms with Crippen molar-refractivity contribution < 1.29 is 14.3 Å². The summed E-state index contributed by atoms with van der Waals surface area (Å²) in [6, 6.07) is 9.69. The van der Waals surface area contributed by atoms with Crippen LogP contribution >= 0.6 is 0 Å². The second-order valence-electron chi connectivity index (χ2n) is 12.7. The first-order valence-electron chi connectivity index (χ1n) is 15.8. The van der Waals surface area contributed by atoms with E-state index in [-0.39, 0.29) is 18.1 Å². The van der Waals surface area contributed by atoms with Crippen LogP contribution in [0.25, 0.3) is 16.6 Å². The van der Waals surface area contributed by atoms with Crippen molar-refractivity contribution in [3.8, 4) is 22.9 Å². The van der Waals surface area contributed by atoms with Crippen molar-refractivity contribution in [2.24, 2.45) is 0 Å². The molecule has 6 aliphatic heterocycles. The van der Waals surface area contributed by atoms with Crippen molar-refractivity contribution in [3.05, 3.63) is 42.4 Å². The van der Waals surface area contributed by atoms with Gasteiger partial charge >= 0.3 is 6.03 Å². The molecular weight excluding hydrogens is 544 g/mol. The fourth-order valence-corrected chi connectivity index (χ4v) is 7.78. The van der Waals surface area contributed by atoms with Crippen molar-refractivity contribution in [2.45, 2.75) is 62.8 Å². The Morgan fingerprint density at radius 2 is 1.93 bits per heavy atom. The molecule has 4 atom stereocenters. The average molecular weight is 583 g/mol. The van der Waals surface area contributed by atoms with Gasteiger partial charge in [0.05, 0.1) is 54.9 Å². The Balaban J connectivity index is 0.951. The third-order valence-corrected chi connectivity index (χ3v) is 10.0. The van der Waals surface area contributed by atoms with Gasteiger partial charge in [0, 0.05) is 62.6 Å². The van der Waals surface area contributed by atoms with E-state index in [2.05, 4.69) is 38.0 Å². The Kier molecular flexibility index (Phi) is 6.83. The van der Waals surface area contributed by atoms with E-state index in [0.29, 0.717) is 24.3 Å². The highest BCUT2D eigenvalue weighted by Crippen LogP contribution is 2.37. The Morgan fingerprint density at radius 3 is 2.65 bits per heavy atom. The van der Waals surface area contributed by atoms with E-state index in [0.717, 1.165) is 106 Å². The number of piperazine rings is 1. The molecule has 224 valence electrons. The molecule has 6 saturated heterocycles. The zero-order chi connectivity index (χ0) is 28.9. The van der Waals surface area contributed by atoms with Gasteiger partial charge in [-0.05, 0) is 56.7 Å². The predicted molar refractivity (Wildman–Crippen MR) is 160 cm³/mol. The molecule has 0 spiro atoms. The van der Waals surface area contributed by atoms with Gasteiger partial charge in [0.25, 0.3) is 0 Å². The molecule has 9 rings (SSSR count). The summed E-state index contributed by atoms with van der Waals surface area (Å²) in [6.07, 6.45) is 12.4. The second kappa shape index (κ2) is 11.0. The van der Waals surface area contributed by atoms with E-state index in [1.807, 2.05) is 23.4 Å². The van der Waals surface area contributed by atoms with Crippen LogP contribution in [0.15, 0.2) is 36.8 Å². The van der Waals surface area contributed by atoms with Gasteiger partial charge in [0.2, 0.25) is 0 Å². The zero-order valence-corrected chi connectivity index (χ0v) is 24.5. The third-order valence-electron chi connectivity index (χ3n) is 10.0. The van der Waals surface area contributed by atoms with Gasteiger partial charge < -0.3 is 24.2 Å². The number of carbonyl (C=O) groups excluding carboxylic acids is 1. The first-order valence-corrected chi connectivity index (χ1v) is 15.8. The molecule has 6 fully saturated rings. The van der Waals surface area contributed by atoms with Crippen LogP contribution in [0.2, 0.25) is 0 Å². The quantitative estimate of drug-likeness (QED) is 0.391. The van der Waals surface area contributed by atoms with E-state index in [4.69, 9.17) is 14.5 Å². The number of carbonyl (C=O) groups is 1. The Bertz CT molecular complexity index is 1530. The van der Waals surface area contributed by atoms with E-state index in [1.165, 1.54) is 6.42 Å². The van der Waals surface area contributed by atoms with Crippen LogP contribution < -0.4 is 9.64 Å². The van der Waals surface area contributed by atoms with E-state index in [1.54, 1.807) is 10.7 Å². The van der Waals surface area contributed by atoms with Crippen molar-refractivity contribution in [1.29, 1.82) is 5.26 Å². The summed E-state index contributed by atoms with van der Waals surface area (Å²) >= 11 is 0. The summed E-state index contributed by atoms with van der Waals surface area (Å²) in [5.74, 6) is 1.64. The summed E-state index contributed by atoms with van der Waals surface area (Å²) < 4.78 is 13.7. The third kappa shape index (κ3) is 4.86. The second-order valence-corrected chi connectivity index (χ2v) is 12.7. The number of rotatable bonds is 7. The maximum Gasteiger partial charge on any atom is 0.320 e. The number of nitrogens with zero attached hydrogens (tertiary/aromatic N) is 8. The molecule has 0 aliphatic carbocycles. The van der Waals surface area contributed by atoms with Gasteiger partial charge in [-0.3, -0.25) is 4.90 Å². The van der Waals surface area contributed by atoms with E-state index < -0.39 is 0 Å². The van der Waals surface area contributed by atoms with Crippen LogP contribution in [0.4, 0.5) is 10.6 Å². The van der Waals surface area contributed by atoms with Crippen molar-refractivity contribution in [2.75, 3.05) is 57.4 Å². The first kappa shape index (κ1) is 26.7. The SMILES string of the molecule is N#Cc1cnn2cc(OCCCN3CC4C[C@@H]3CO4)cc(-c3ccc(N4CC5CC(C4)N5C(=O)N4CCCCC4)nc3)c12. The number of hydrogen-bond acceptors (Lipinski definition) is 8. The van der Waals surface area contributed by atoms with Gasteiger partial charge in [-0.2, -0.15) is 10.4 Å². The highest BCUT2D eigenvalue weighted by molar-refractivity contribution is 5.85. The number of anilines is 1. The number of morpholine rings is 1. The number of pyridine rings is 2. The van der Waals surface area contributed by atoms with Crippen LogP contribution in [-0.4, -0.2) is 112 Å². The maximum atomic E-state index is 13.1. The fraction of sp³-hybridized carbons (Fsp3) is 0.562. The zero-order valence-electron chi connectivity index (χ0n) is 24.5. The van der Waals surface area contributed by atoms with Crippen LogP contribution in [0.1, 0.15) is 44.1 Å². The van der Waals surface area contributed by atoms with Crippen LogP contribution in [0.5, 0.6) is 5.75 Å². The lowest BCUT2D eigenvalue weighted by molar-refractivity contribution is 0.0161. The lowest BCUT2D eigenvalue weighted by Gasteiger charge is -2.57. The standard InChI is InChI=1S/C32H38N8O3/c33-14-23-16-35-39-20-28(42-10-4-9-37-19-27-12-26(37)21-43-27)13-29(31(23)39)22-5-6-30(34-15-22)38-17-24-11-25(18-38)40(24)32(41)36-7-2-1-3-8-36/h5-6,13,15-16,20,24-27H,1-4,7-12,17-19,21H2/t24?,25?,26-,27?/m1/s1. The molecule has 0 N–H and O–H groups in total. The predicted octanol–water partition coefficient (Wildman–Crippen LogP) is 3.38. The molecule has 0 radical (unpaired) electrons. The Morgan fingerprint density at radius 1 is 1.07 bits per heavy atom. The molecule has 2 amide bonds. The molecule has 3 aromatic rings. The number of fused-ring (bicyclic) bond motifs is 5. The summed E-state index contributed by atoms with van der Waals surface area (Å²) in [4.78, 5) is 27.0. The number of ether oxygens (including phenoxy) is 2. The van der Waals surface area contributed by atoms with E-state index in [9.17, 15) is 10.1 Å². The number of urea groups is 1. The summed E-state index contributed by atoms with van der Waals surface area (Å²) in [5, 5.41) is 14.2. The number of aromatic nitrogens is 3. The number of likely N-dealkylation sites (tertiary alicyclic amines) is 2. The fourth-order valence-electron chi connectivity index (χ4n) is 7.78. The monoisotopic (exact) mass is 582 g/mol. The molecule has 9 heterocycles. The summed E-state index contributed by atoms with van der Waals surface area (Å²) in [6.45, 7) is 6.90. The minimum atomic E-state index is 0.224. The van der Waals surface area contributed by atoms with Crippen LogP contribution in [-0.2, 0) is 4.74 Å². The lowest BCUT2D eigenvalue weighted by atomic mass is 9.87. The molecule has 4 bridgehead atoms. The van der Waals surface area contributed by atoms with E-state index >= 15 is 0 Å². The summed E-state index contributed by atoms with van der Waals surface area (Å²) in [7, 11) is 0. The Labute approximate surface area is 251 Å². The average Bonchev–Trinajstić information content (AvgIpc) is 3.79. The number of piperidine rings is 2. The van der Waals surface area contributed by atoms with Gasteiger partial charge in [-0.1, -0.05) is 0 Å². The van der Waals surface area contributed by atoms with Crippen molar-refractivity contribution in [3.63, 3.8) is 0 Å². The highest BCUT2D eigenvalue weighted by Gasteiger charge is 2.48. The molecule has 0 saturated carbocycles. The van der Waals surface area contributed by atoms with Gasteiger partial charge in [0.1, 0.15) is 17.6 Å². The maximum absolute atomic E-state index is 13.1. The summed E-state index contributed by atoms with van der Waals surface area (Å²) in [5.41, 5.74) is 3.06. The molecule has 6 aliphatic rings. The van der Waals surface area contributed by atoms with Crippen molar-refractivity contribution in [1.82, 2.24) is 29.3 Å². The minimum Gasteiger partial charge on any atom is -0.492 e. The highest BCUT2D eigenvalue weighted by atomic mass is 16.5. The molecule has 3 aromatic heterocycles. The molecule has 11 heteroatoms. The topological polar surface area (TPSA) is 102 Å². The molecule has 0 aromatic carbocycles. The molecule has 3 unspecified atom stereocenters. The lowest BCUT2D eigenvalue weighted by Crippen LogP contribution is -2.72. The normalized spacial score (nSPS) is 26.5. The van der Waals surface area contributed by atoms with Crippen molar-refractivity contribution >= 4 is 17.4 Å². The van der Waals surface area contributed by atoms with Gasteiger partial charge in [-0.15, -0.1) is 0 Å². The van der Waals surface area contributed by atoms with Crippen LogP contribution in [0.3, 0.4) is 0 Å². The number of hydrogen-bond donors (Lipinski definition) is 0. The Hall–Kier alpha value is -3.88. The van der Waals surface area contributed by atoms with Crippen LogP contribution in [0, 0.1) is 11.3 Å². The largest absolute Gasteiger partial charge is 0.492 e. The number of nitriles is 1. The van der Waals surface area contributed by atoms with Gasteiger partial charge in [0.15, 0.2) is 0 Å².